The molecular formula is C25H19BrFN3O4. The first-order valence-electron chi connectivity index (χ1n) is 10.3. The van der Waals surface area contributed by atoms with Crippen molar-refractivity contribution in [3.63, 3.8) is 0 Å². The summed E-state index contributed by atoms with van der Waals surface area (Å²) >= 11 is 3.39. The van der Waals surface area contributed by atoms with Gasteiger partial charge in [-0.3, -0.25) is 14.5 Å². The van der Waals surface area contributed by atoms with Crippen LogP contribution in [0.4, 0.5) is 14.9 Å². The largest absolute Gasteiger partial charge is 0.483 e. The molecule has 1 saturated heterocycles. The van der Waals surface area contributed by atoms with Crippen LogP contribution < -0.4 is 15.4 Å². The van der Waals surface area contributed by atoms with Crippen LogP contribution in [-0.4, -0.2) is 29.4 Å². The van der Waals surface area contributed by atoms with Crippen LogP contribution >= 0.6 is 15.9 Å². The van der Waals surface area contributed by atoms with E-state index in [2.05, 4.69) is 26.6 Å². The van der Waals surface area contributed by atoms with Crippen molar-refractivity contribution in [2.75, 3.05) is 11.9 Å². The van der Waals surface area contributed by atoms with Crippen LogP contribution in [0.3, 0.4) is 0 Å². The van der Waals surface area contributed by atoms with E-state index in [4.69, 9.17) is 4.74 Å². The Morgan fingerprint density at radius 2 is 1.79 bits per heavy atom. The number of carbonyl (C=O) groups is 3. The molecule has 0 bridgehead atoms. The van der Waals surface area contributed by atoms with Gasteiger partial charge >= 0.3 is 6.03 Å². The maximum atomic E-state index is 13.9. The predicted octanol–water partition coefficient (Wildman–Crippen LogP) is 4.70. The minimum atomic E-state index is -0.622. The number of halogens is 2. The van der Waals surface area contributed by atoms with E-state index in [9.17, 15) is 18.8 Å². The first kappa shape index (κ1) is 23.2. The molecule has 1 fully saturated rings. The number of para-hydroxylation sites is 1. The molecular weight excluding hydrogens is 505 g/mol. The molecule has 0 aromatic heterocycles. The molecule has 1 heterocycles. The van der Waals surface area contributed by atoms with E-state index < -0.39 is 17.8 Å². The monoisotopic (exact) mass is 523 g/mol. The molecule has 2 N–H and O–H groups in total. The SMILES string of the molecule is O=C(COc1ccc(/C=C2/NC(=O)N(Cc3ccccc3F)C2=O)cc1Br)Nc1ccccc1. The molecule has 3 aromatic rings. The summed E-state index contributed by atoms with van der Waals surface area (Å²) in [6, 6.07) is 19.4. The van der Waals surface area contributed by atoms with Crippen LogP contribution in [-0.2, 0) is 16.1 Å². The van der Waals surface area contributed by atoms with E-state index >= 15 is 0 Å². The highest BCUT2D eigenvalue weighted by atomic mass is 79.9. The number of hydrogen-bond donors (Lipinski definition) is 2. The van der Waals surface area contributed by atoms with Gasteiger partial charge in [-0.2, -0.15) is 0 Å². The van der Waals surface area contributed by atoms with Crippen molar-refractivity contribution >= 4 is 45.5 Å². The molecule has 0 atom stereocenters. The van der Waals surface area contributed by atoms with Crippen molar-refractivity contribution in [3.05, 3.63) is 99.9 Å². The molecule has 34 heavy (non-hydrogen) atoms. The molecule has 0 radical (unpaired) electrons. The zero-order chi connectivity index (χ0) is 24.1. The van der Waals surface area contributed by atoms with Crippen molar-refractivity contribution < 1.29 is 23.5 Å². The van der Waals surface area contributed by atoms with Crippen LogP contribution in [0.2, 0.25) is 0 Å². The molecule has 0 spiro atoms. The summed E-state index contributed by atoms with van der Waals surface area (Å²) < 4.78 is 20.1. The topological polar surface area (TPSA) is 87.7 Å². The van der Waals surface area contributed by atoms with E-state index in [-0.39, 0.29) is 30.3 Å². The lowest BCUT2D eigenvalue weighted by molar-refractivity contribution is -0.123. The van der Waals surface area contributed by atoms with Gasteiger partial charge in [0.25, 0.3) is 11.8 Å². The van der Waals surface area contributed by atoms with Crippen molar-refractivity contribution in [3.8, 4) is 5.75 Å². The van der Waals surface area contributed by atoms with Crippen molar-refractivity contribution in [2.24, 2.45) is 0 Å². The summed E-state index contributed by atoms with van der Waals surface area (Å²) in [5.74, 6) is -0.911. The molecule has 0 aliphatic carbocycles. The Morgan fingerprint density at radius 3 is 2.53 bits per heavy atom. The number of ether oxygens (including phenoxy) is 1. The third kappa shape index (κ3) is 5.49. The lowest BCUT2D eigenvalue weighted by atomic mass is 10.1. The molecule has 0 saturated carbocycles. The van der Waals surface area contributed by atoms with Gasteiger partial charge in [-0.1, -0.05) is 42.5 Å². The Kier molecular flexibility index (Phi) is 7.03. The van der Waals surface area contributed by atoms with E-state index in [1.807, 2.05) is 18.2 Å². The van der Waals surface area contributed by atoms with Crippen LogP contribution in [0.1, 0.15) is 11.1 Å². The minimum absolute atomic E-state index is 0.0733. The van der Waals surface area contributed by atoms with Gasteiger partial charge in [0.15, 0.2) is 6.61 Å². The van der Waals surface area contributed by atoms with Gasteiger partial charge in [-0.05, 0) is 57.9 Å². The van der Waals surface area contributed by atoms with Gasteiger partial charge in [0.1, 0.15) is 17.3 Å². The fourth-order valence-electron chi connectivity index (χ4n) is 3.26. The first-order chi connectivity index (χ1) is 16.4. The second-order valence-electron chi connectivity index (χ2n) is 7.36. The fraction of sp³-hybridized carbons (Fsp3) is 0.0800. The quantitative estimate of drug-likeness (QED) is 0.347. The number of carbonyl (C=O) groups excluding carboxylic acids is 3. The third-order valence-electron chi connectivity index (χ3n) is 4.93. The summed E-state index contributed by atoms with van der Waals surface area (Å²) in [5, 5.41) is 5.25. The standard InChI is InChI=1S/C25H19BrFN3O4/c26-19-12-16(10-11-22(19)34-15-23(31)28-18-7-2-1-3-8-18)13-21-24(32)30(25(33)29-21)14-17-6-4-5-9-20(17)27/h1-13H,14-15H2,(H,28,31)(H,29,33)/b21-13+. The number of benzene rings is 3. The predicted molar refractivity (Wildman–Crippen MR) is 128 cm³/mol. The molecule has 4 amide bonds. The number of amides is 4. The summed E-state index contributed by atoms with van der Waals surface area (Å²) in [4.78, 5) is 38.0. The Morgan fingerprint density at radius 1 is 1.06 bits per heavy atom. The number of nitrogens with zero attached hydrogens (tertiary/aromatic N) is 1. The molecule has 4 rings (SSSR count). The maximum absolute atomic E-state index is 13.9. The number of anilines is 1. The zero-order valence-corrected chi connectivity index (χ0v) is 19.3. The van der Waals surface area contributed by atoms with Crippen LogP contribution in [0.5, 0.6) is 5.75 Å². The number of rotatable bonds is 7. The van der Waals surface area contributed by atoms with E-state index in [0.29, 0.717) is 21.5 Å². The highest BCUT2D eigenvalue weighted by Gasteiger charge is 2.34. The number of nitrogens with one attached hydrogen (secondary N) is 2. The van der Waals surface area contributed by atoms with Crippen LogP contribution in [0.15, 0.2) is 83.0 Å². The molecule has 9 heteroatoms. The van der Waals surface area contributed by atoms with Crippen molar-refractivity contribution in [1.82, 2.24) is 10.2 Å². The van der Waals surface area contributed by atoms with E-state index in [1.54, 1.807) is 36.4 Å². The Labute approximate surface area is 203 Å². The Balaban J connectivity index is 1.40. The lowest BCUT2D eigenvalue weighted by Crippen LogP contribution is -2.30. The normalized spacial score (nSPS) is 14.3. The summed E-state index contributed by atoms with van der Waals surface area (Å²) in [6.45, 7) is -0.357. The van der Waals surface area contributed by atoms with Crippen LogP contribution in [0, 0.1) is 5.82 Å². The number of urea groups is 1. The van der Waals surface area contributed by atoms with Crippen LogP contribution in [0.25, 0.3) is 6.08 Å². The third-order valence-corrected chi connectivity index (χ3v) is 5.55. The fourth-order valence-corrected chi connectivity index (χ4v) is 3.78. The van der Waals surface area contributed by atoms with Gasteiger partial charge in [-0.25, -0.2) is 9.18 Å². The van der Waals surface area contributed by atoms with E-state index in [0.717, 1.165) is 4.90 Å². The minimum Gasteiger partial charge on any atom is -0.483 e. The van der Waals surface area contributed by atoms with Crippen molar-refractivity contribution in [1.29, 1.82) is 0 Å². The summed E-state index contributed by atoms with van der Waals surface area (Å²) in [5.41, 5.74) is 1.60. The van der Waals surface area contributed by atoms with E-state index in [1.165, 1.54) is 24.3 Å². The highest BCUT2D eigenvalue weighted by Crippen LogP contribution is 2.27. The van der Waals surface area contributed by atoms with Gasteiger partial charge in [-0.15, -0.1) is 0 Å². The highest BCUT2D eigenvalue weighted by molar-refractivity contribution is 9.10. The molecule has 3 aromatic carbocycles. The number of hydrogen-bond acceptors (Lipinski definition) is 4. The van der Waals surface area contributed by atoms with Gasteiger partial charge in [0, 0.05) is 11.3 Å². The zero-order valence-electron chi connectivity index (χ0n) is 17.8. The average Bonchev–Trinajstić information content (AvgIpc) is 3.08. The molecule has 1 aliphatic heterocycles. The Bertz CT molecular complexity index is 1280. The first-order valence-corrected chi connectivity index (χ1v) is 11.1. The van der Waals surface area contributed by atoms with Crippen molar-refractivity contribution in [2.45, 2.75) is 6.54 Å². The molecule has 1 aliphatic rings. The summed E-state index contributed by atoms with van der Waals surface area (Å²) in [7, 11) is 0. The van der Waals surface area contributed by atoms with Gasteiger partial charge < -0.3 is 15.4 Å². The number of imide groups is 1. The van der Waals surface area contributed by atoms with Gasteiger partial charge in [0.05, 0.1) is 11.0 Å². The second kappa shape index (κ2) is 10.3. The summed E-state index contributed by atoms with van der Waals surface area (Å²) in [6.07, 6.45) is 1.51. The van der Waals surface area contributed by atoms with Gasteiger partial charge in [0.2, 0.25) is 0 Å². The molecule has 0 unspecified atom stereocenters. The lowest BCUT2D eigenvalue weighted by Gasteiger charge is -2.12. The maximum Gasteiger partial charge on any atom is 0.329 e. The Hall–Kier alpha value is -3.98. The second-order valence-corrected chi connectivity index (χ2v) is 8.22. The molecule has 7 nitrogen and oxygen atoms in total. The smallest absolute Gasteiger partial charge is 0.329 e. The molecule has 172 valence electrons. The average molecular weight is 524 g/mol.